The van der Waals surface area contributed by atoms with Crippen molar-refractivity contribution >= 4 is 11.3 Å². The van der Waals surface area contributed by atoms with Gasteiger partial charge in [0.2, 0.25) is 0 Å². The van der Waals surface area contributed by atoms with Crippen LogP contribution >= 0.6 is 11.3 Å². The zero-order valence-electron chi connectivity index (χ0n) is 10.9. The van der Waals surface area contributed by atoms with Crippen molar-refractivity contribution in [2.75, 3.05) is 40.8 Å². The minimum atomic E-state index is 0.503. The molecule has 0 bridgehead atoms. The maximum atomic E-state index is 4.16. The van der Waals surface area contributed by atoms with E-state index in [4.69, 9.17) is 0 Å². The molecule has 2 heterocycles. The van der Waals surface area contributed by atoms with E-state index in [0.29, 0.717) is 12.1 Å². The Hall–Kier alpha value is -0.490. The van der Waals surface area contributed by atoms with Gasteiger partial charge in [-0.3, -0.25) is 9.88 Å². The number of aromatic nitrogens is 1. The van der Waals surface area contributed by atoms with Crippen LogP contribution in [0.15, 0.2) is 11.7 Å². The van der Waals surface area contributed by atoms with E-state index in [1.807, 2.05) is 11.7 Å². The second-order valence-corrected chi connectivity index (χ2v) is 5.85. The van der Waals surface area contributed by atoms with Gasteiger partial charge in [0.1, 0.15) is 0 Å². The van der Waals surface area contributed by atoms with Crippen molar-refractivity contribution in [3.05, 3.63) is 16.6 Å². The second-order valence-electron chi connectivity index (χ2n) is 4.88. The molecule has 1 fully saturated rings. The molecular formula is C12H22N4S. The molecule has 1 aliphatic rings. The smallest absolute Gasteiger partial charge is 0.0794 e. The van der Waals surface area contributed by atoms with Crippen molar-refractivity contribution in [2.24, 2.45) is 0 Å². The summed E-state index contributed by atoms with van der Waals surface area (Å²) in [7, 11) is 6.50. The zero-order chi connectivity index (χ0) is 12.3. The topological polar surface area (TPSA) is 31.4 Å². The lowest BCUT2D eigenvalue weighted by Crippen LogP contribution is -2.58. The summed E-state index contributed by atoms with van der Waals surface area (Å²) < 4.78 is 0. The summed E-state index contributed by atoms with van der Waals surface area (Å²) in [5.74, 6) is 0. The maximum Gasteiger partial charge on any atom is 0.0794 e. The molecule has 1 N–H and O–H groups in total. The molecule has 5 heteroatoms. The third-order valence-corrected chi connectivity index (χ3v) is 4.44. The van der Waals surface area contributed by atoms with E-state index in [9.17, 15) is 0 Å². The number of thiazole rings is 1. The summed E-state index contributed by atoms with van der Waals surface area (Å²) in [6.07, 6.45) is 3.06. The predicted octanol–water partition coefficient (Wildman–Crippen LogP) is 0.519. The molecule has 1 saturated heterocycles. The van der Waals surface area contributed by atoms with E-state index in [-0.39, 0.29) is 0 Å². The predicted molar refractivity (Wildman–Crippen MR) is 72.6 cm³/mol. The van der Waals surface area contributed by atoms with Gasteiger partial charge in [-0.05, 0) is 21.1 Å². The largest absolute Gasteiger partial charge is 0.315 e. The standard InChI is InChI=1S/C12H22N4S/c1-13-11(6-10-7-14-9-17-10)12-8-15(2)4-5-16(12)3/h7,9,11-13H,4-6,8H2,1-3H3. The Morgan fingerprint density at radius 1 is 1.53 bits per heavy atom. The minimum Gasteiger partial charge on any atom is -0.315 e. The van der Waals surface area contributed by atoms with Crippen LogP contribution in [0.25, 0.3) is 0 Å². The lowest BCUT2D eigenvalue weighted by Gasteiger charge is -2.41. The van der Waals surface area contributed by atoms with Gasteiger partial charge in [0.25, 0.3) is 0 Å². The fourth-order valence-corrected chi connectivity index (χ4v) is 3.12. The van der Waals surface area contributed by atoms with Crippen LogP contribution in [0.5, 0.6) is 0 Å². The van der Waals surface area contributed by atoms with Crippen LogP contribution < -0.4 is 5.32 Å². The van der Waals surface area contributed by atoms with Gasteiger partial charge >= 0.3 is 0 Å². The Bertz CT molecular complexity index is 327. The van der Waals surface area contributed by atoms with Crippen LogP contribution in [0.3, 0.4) is 0 Å². The van der Waals surface area contributed by atoms with E-state index in [2.05, 4.69) is 41.2 Å². The summed E-state index contributed by atoms with van der Waals surface area (Å²) in [6.45, 7) is 3.47. The van der Waals surface area contributed by atoms with Crippen LogP contribution in [0.2, 0.25) is 0 Å². The zero-order valence-corrected chi connectivity index (χ0v) is 11.7. The van der Waals surface area contributed by atoms with Crippen LogP contribution in [-0.2, 0) is 6.42 Å². The highest BCUT2D eigenvalue weighted by Crippen LogP contribution is 2.16. The van der Waals surface area contributed by atoms with E-state index < -0.39 is 0 Å². The van der Waals surface area contributed by atoms with E-state index in [0.717, 1.165) is 19.5 Å². The number of hydrogen-bond acceptors (Lipinski definition) is 5. The van der Waals surface area contributed by atoms with Crippen molar-refractivity contribution in [3.63, 3.8) is 0 Å². The Balaban J connectivity index is 2.01. The molecule has 0 aromatic carbocycles. The van der Waals surface area contributed by atoms with E-state index in [1.54, 1.807) is 11.3 Å². The molecule has 17 heavy (non-hydrogen) atoms. The first-order valence-corrected chi connectivity index (χ1v) is 7.02. The normalized spacial score (nSPS) is 25.0. The van der Waals surface area contributed by atoms with Crippen molar-refractivity contribution in [1.29, 1.82) is 0 Å². The number of hydrogen-bond donors (Lipinski definition) is 1. The summed E-state index contributed by atoms with van der Waals surface area (Å²) in [6, 6.07) is 1.09. The summed E-state index contributed by atoms with van der Waals surface area (Å²) in [5.41, 5.74) is 1.92. The molecule has 96 valence electrons. The van der Waals surface area contributed by atoms with Gasteiger partial charge in [-0.25, -0.2) is 0 Å². The third kappa shape index (κ3) is 3.25. The molecule has 1 aromatic rings. The second kappa shape index (κ2) is 5.91. The molecule has 4 nitrogen and oxygen atoms in total. The minimum absolute atomic E-state index is 0.503. The first-order chi connectivity index (χ1) is 8.20. The molecule has 1 aliphatic heterocycles. The van der Waals surface area contributed by atoms with Crippen LogP contribution in [0, 0.1) is 0 Å². The van der Waals surface area contributed by atoms with Gasteiger partial charge in [-0.15, -0.1) is 11.3 Å². The maximum absolute atomic E-state index is 4.16. The highest BCUT2D eigenvalue weighted by atomic mass is 32.1. The van der Waals surface area contributed by atoms with Crippen molar-refractivity contribution in [1.82, 2.24) is 20.1 Å². The average Bonchev–Trinajstić information content (AvgIpc) is 2.82. The van der Waals surface area contributed by atoms with Crippen LogP contribution in [-0.4, -0.2) is 67.6 Å². The molecule has 2 atom stereocenters. The number of nitrogens with zero attached hydrogens (tertiary/aromatic N) is 3. The Morgan fingerprint density at radius 3 is 3.00 bits per heavy atom. The summed E-state index contributed by atoms with van der Waals surface area (Å²) in [5, 5.41) is 3.47. The molecule has 0 radical (unpaired) electrons. The van der Waals surface area contributed by atoms with E-state index in [1.165, 1.54) is 11.4 Å². The molecule has 0 aliphatic carbocycles. The Kier molecular flexibility index (Phi) is 4.50. The van der Waals surface area contributed by atoms with Crippen molar-refractivity contribution in [2.45, 2.75) is 18.5 Å². The van der Waals surface area contributed by atoms with Gasteiger partial charge in [-0.1, -0.05) is 0 Å². The SMILES string of the molecule is CNC(Cc1cncs1)C1CN(C)CCN1C. The monoisotopic (exact) mass is 254 g/mol. The third-order valence-electron chi connectivity index (χ3n) is 3.64. The van der Waals surface area contributed by atoms with Crippen molar-refractivity contribution in [3.8, 4) is 0 Å². The molecule has 0 saturated carbocycles. The van der Waals surface area contributed by atoms with Crippen molar-refractivity contribution < 1.29 is 0 Å². The fraction of sp³-hybridized carbons (Fsp3) is 0.750. The quantitative estimate of drug-likeness (QED) is 0.849. The van der Waals surface area contributed by atoms with Gasteiger partial charge in [0, 0.05) is 49.2 Å². The molecule has 0 spiro atoms. The summed E-state index contributed by atoms with van der Waals surface area (Å²) in [4.78, 5) is 10.4. The molecular weight excluding hydrogens is 232 g/mol. The lowest BCUT2D eigenvalue weighted by atomic mass is 10.0. The first-order valence-electron chi connectivity index (χ1n) is 6.14. The number of nitrogens with one attached hydrogen (secondary N) is 1. The number of rotatable bonds is 4. The molecule has 0 amide bonds. The number of likely N-dealkylation sites (N-methyl/N-ethyl adjacent to an activating group) is 3. The van der Waals surface area contributed by atoms with Crippen LogP contribution in [0.1, 0.15) is 4.88 Å². The van der Waals surface area contributed by atoms with E-state index >= 15 is 0 Å². The number of piperazine rings is 1. The van der Waals surface area contributed by atoms with Gasteiger partial charge < -0.3 is 10.2 Å². The van der Waals surface area contributed by atoms with Crippen LogP contribution in [0.4, 0.5) is 0 Å². The highest BCUT2D eigenvalue weighted by molar-refractivity contribution is 7.09. The van der Waals surface area contributed by atoms with Gasteiger partial charge in [0.15, 0.2) is 0 Å². The molecule has 1 aromatic heterocycles. The highest BCUT2D eigenvalue weighted by Gasteiger charge is 2.29. The lowest BCUT2D eigenvalue weighted by molar-refractivity contribution is 0.0899. The van der Waals surface area contributed by atoms with Gasteiger partial charge in [0.05, 0.1) is 5.51 Å². The van der Waals surface area contributed by atoms with Gasteiger partial charge in [-0.2, -0.15) is 0 Å². The molecule has 2 unspecified atom stereocenters. The first kappa shape index (κ1) is 13.0. The Morgan fingerprint density at radius 2 is 2.35 bits per heavy atom. The average molecular weight is 254 g/mol. The Labute approximate surface area is 108 Å². The fourth-order valence-electron chi connectivity index (χ4n) is 2.47. The molecule has 2 rings (SSSR count). The summed E-state index contributed by atoms with van der Waals surface area (Å²) >= 11 is 1.75.